The zero-order valence-corrected chi connectivity index (χ0v) is 22.7. The molecule has 0 bridgehead atoms. The minimum atomic E-state index is -3.60. The molecule has 2 aromatic rings. The maximum Gasteiger partial charge on any atom is 0.242 e. The molecule has 3 atom stereocenters. The summed E-state index contributed by atoms with van der Waals surface area (Å²) >= 11 is 0. The van der Waals surface area contributed by atoms with E-state index in [0.29, 0.717) is 37.4 Å². The van der Waals surface area contributed by atoms with E-state index in [4.69, 9.17) is 9.97 Å². The number of carbonyl (C=O) groups is 1. The van der Waals surface area contributed by atoms with Crippen molar-refractivity contribution in [3.8, 4) is 6.07 Å². The summed E-state index contributed by atoms with van der Waals surface area (Å²) in [5, 5.41) is 8.41. The molecule has 200 valence electrons. The zero-order chi connectivity index (χ0) is 26.8. The first-order chi connectivity index (χ1) is 18.2. The van der Waals surface area contributed by atoms with Crippen molar-refractivity contribution in [2.45, 2.75) is 62.3 Å². The first kappa shape index (κ1) is 25.0. The van der Waals surface area contributed by atoms with Crippen LogP contribution >= 0.6 is 0 Å². The van der Waals surface area contributed by atoms with Gasteiger partial charge in [-0.25, -0.2) is 27.7 Å². The van der Waals surface area contributed by atoms with Gasteiger partial charge in [-0.1, -0.05) is 6.42 Å². The summed E-state index contributed by atoms with van der Waals surface area (Å²) in [5.41, 5.74) is 1.60. The van der Waals surface area contributed by atoms with Gasteiger partial charge in [-0.3, -0.25) is 4.79 Å². The van der Waals surface area contributed by atoms with Crippen LogP contribution in [0.4, 0.5) is 17.5 Å². The predicted molar refractivity (Wildman–Crippen MR) is 141 cm³/mol. The summed E-state index contributed by atoms with van der Waals surface area (Å²) in [4.78, 5) is 33.5. The lowest BCUT2D eigenvalue weighted by atomic mass is 9.66. The van der Waals surface area contributed by atoms with E-state index < -0.39 is 15.3 Å². The Morgan fingerprint density at radius 3 is 2.55 bits per heavy atom. The molecule has 6 rings (SSSR count). The Morgan fingerprint density at radius 1 is 1.13 bits per heavy atom. The molecule has 0 aromatic carbocycles. The molecule has 0 unspecified atom stereocenters. The average molecular weight is 537 g/mol. The largest absolute Gasteiger partial charge is 0.350 e. The van der Waals surface area contributed by atoms with Gasteiger partial charge in [0, 0.05) is 62.5 Å². The highest BCUT2D eigenvalue weighted by Crippen LogP contribution is 2.56. The van der Waals surface area contributed by atoms with Gasteiger partial charge >= 0.3 is 0 Å². The molecule has 3 fully saturated rings. The summed E-state index contributed by atoms with van der Waals surface area (Å²) in [7, 11) is -2.07. The summed E-state index contributed by atoms with van der Waals surface area (Å²) in [6.45, 7) is 6.14. The third-order valence-electron chi connectivity index (χ3n) is 8.83. The topological polar surface area (TPSA) is 127 Å². The first-order valence-electron chi connectivity index (χ1n) is 13.2. The molecule has 38 heavy (non-hydrogen) atoms. The number of rotatable bonds is 3. The maximum atomic E-state index is 13.4. The van der Waals surface area contributed by atoms with Gasteiger partial charge in [-0.05, 0) is 45.2 Å². The Morgan fingerprint density at radius 2 is 1.89 bits per heavy atom. The number of carbonyl (C=O) groups excluding carboxylic acids is 1. The zero-order valence-electron chi connectivity index (χ0n) is 21.9. The Bertz CT molecular complexity index is 1440. The number of fused-ring (bicyclic) bond motifs is 2. The summed E-state index contributed by atoms with van der Waals surface area (Å²) < 4.78 is 26.7. The van der Waals surface area contributed by atoms with Crippen LogP contribution in [0, 0.1) is 11.3 Å². The number of hydrogen-bond donors (Lipinski definition) is 0. The SMILES string of the molecule is C[C@@H]1CN(c2ncnc3c2C2(CCC2)CN3c2cc(C#N)ccn2)[C@@H](C)CN1C(=O)[C@H]1CCN(C)S1(=O)=O. The fraction of sp³-hybridized carbons (Fsp3) is 0.577. The molecule has 1 spiro atoms. The first-order valence-corrected chi connectivity index (χ1v) is 14.7. The van der Waals surface area contributed by atoms with Crippen LogP contribution < -0.4 is 9.80 Å². The van der Waals surface area contributed by atoms with Crippen molar-refractivity contribution in [3.63, 3.8) is 0 Å². The normalized spacial score (nSPS) is 27.7. The number of anilines is 3. The van der Waals surface area contributed by atoms with Crippen molar-refractivity contribution in [1.29, 1.82) is 5.26 Å². The highest BCUT2D eigenvalue weighted by molar-refractivity contribution is 7.90. The highest BCUT2D eigenvalue weighted by atomic mass is 32.2. The van der Waals surface area contributed by atoms with Crippen LogP contribution in [0.1, 0.15) is 50.7 Å². The maximum absolute atomic E-state index is 13.4. The van der Waals surface area contributed by atoms with E-state index in [-0.39, 0.29) is 23.4 Å². The molecule has 1 amide bonds. The van der Waals surface area contributed by atoms with Crippen LogP contribution in [0.25, 0.3) is 0 Å². The molecule has 2 aromatic heterocycles. The number of piperazine rings is 1. The molecular formula is C26H32N8O3S. The molecule has 0 radical (unpaired) electrons. The lowest BCUT2D eigenvalue weighted by Gasteiger charge is -2.47. The standard InChI is InChI=1S/C26H32N8O3S/c1-17-14-33(25(35)20-6-10-31(3)38(20,36)37)18(2)13-32(17)23-22-24(30-16-29-23)34(15-26(22)7-4-8-26)21-11-19(12-27)5-9-28-21/h5,9,11,16-18,20H,4,6-8,10,13-15H2,1-3H3/t17-,18+,20+/m0/s1. The lowest BCUT2D eigenvalue weighted by Crippen LogP contribution is -2.61. The van der Waals surface area contributed by atoms with Crippen LogP contribution in [0.5, 0.6) is 0 Å². The van der Waals surface area contributed by atoms with E-state index >= 15 is 0 Å². The molecule has 2 saturated heterocycles. The van der Waals surface area contributed by atoms with Gasteiger partial charge in [0.2, 0.25) is 15.9 Å². The Hall–Kier alpha value is -3.30. The third kappa shape index (κ3) is 3.66. The molecule has 5 heterocycles. The van der Waals surface area contributed by atoms with Crippen molar-refractivity contribution in [2.24, 2.45) is 0 Å². The predicted octanol–water partition coefficient (Wildman–Crippen LogP) is 1.78. The lowest BCUT2D eigenvalue weighted by molar-refractivity contribution is -0.133. The van der Waals surface area contributed by atoms with E-state index in [9.17, 15) is 18.5 Å². The quantitative estimate of drug-likeness (QED) is 0.577. The van der Waals surface area contributed by atoms with Crippen LogP contribution in [0.2, 0.25) is 0 Å². The van der Waals surface area contributed by atoms with Crippen molar-refractivity contribution in [1.82, 2.24) is 24.2 Å². The Labute approximate surface area is 223 Å². The fourth-order valence-electron chi connectivity index (χ4n) is 6.51. The Kier molecular flexibility index (Phi) is 5.84. The van der Waals surface area contributed by atoms with Crippen molar-refractivity contribution in [3.05, 3.63) is 35.8 Å². The highest BCUT2D eigenvalue weighted by Gasteiger charge is 2.52. The monoisotopic (exact) mass is 536 g/mol. The van der Waals surface area contributed by atoms with Crippen molar-refractivity contribution in [2.75, 3.05) is 43.0 Å². The van der Waals surface area contributed by atoms with E-state index in [2.05, 4.69) is 27.8 Å². The number of sulfonamides is 1. The number of aromatic nitrogens is 3. The molecule has 12 heteroatoms. The van der Waals surface area contributed by atoms with Crippen LogP contribution in [-0.2, 0) is 20.2 Å². The second kappa shape index (κ2) is 8.88. The number of hydrogen-bond acceptors (Lipinski definition) is 9. The molecule has 11 nitrogen and oxygen atoms in total. The smallest absolute Gasteiger partial charge is 0.242 e. The summed E-state index contributed by atoms with van der Waals surface area (Å²) in [6.07, 6.45) is 6.77. The molecule has 1 saturated carbocycles. The van der Waals surface area contributed by atoms with Crippen LogP contribution in [-0.4, -0.2) is 89.0 Å². The van der Waals surface area contributed by atoms with E-state index in [1.165, 1.54) is 11.4 Å². The summed E-state index contributed by atoms with van der Waals surface area (Å²) in [5.74, 6) is 2.12. The summed E-state index contributed by atoms with van der Waals surface area (Å²) in [6, 6.07) is 5.47. The van der Waals surface area contributed by atoms with Crippen LogP contribution in [0.15, 0.2) is 24.7 Å². The second-order valence-electron chi connectivity index (χ2n) is 11.1. The molecule has 0 N–H and O–H groups in total. The van der Waals surface area contributed by atoms with Gasteiger partial charge in [-0.15, -0.1) is 0 Å². The third-order valence-corrected chi connectivity index (χ3v) is 11.0. The fourth-order valence-corrected chi connectivity index (χ4v) is 8.10. The minimum Gasteiger partial charge on any atom is -0.350 e. The molecule has 3 aliphatic heterocycles. The van der Waals surface area contributed by atoms with Gasteiger partial charge < -0.3 is 14.7 Å². The van der Waals surface area contributed by atoms with Gasteiger partial charge in [0.05, 0.1) is 11.6 Å². The van der Waals surface area contributed by atoms with Gasteiger partial charge in [-0.2, -0.15) is 5.26 Å². The minimum absolute atomic E-state index is 0.0535. The van der Waals surface area contributed by atoms with Gasteiger partial charge in [0.25, 0.3) is 0 Å². The van der Waals surface area contributed by atoms with Crippen molar-refractivity contribution >= 4 is 33.4 Å². The van der Waals surface area contributed by atoms with Gasteiger partial charge in [0.15, 0.2) is 5.25 Å². The van der Waals surface area contributed by atoms with E-state index in [1.807, 2.05) is 6.92 Å². The van der Waals surface area contributed by atoms with Gasteiger partial charge in [0.1, 0.15) is 23.8 Å². The Balaban J connectivity index is 1.32. The van der Waals surface area contributed by atoms with Crippen LogP contribution in [0.3, 0.4) is 0 Å². The second-order valence-corrected chi connectivity index (χ2v) is 13.3. The van der Waals surface area contributed by atoms with Crippen molar-refractivity contribution < 1.29 is 13.2 Å². The molecule has 4 aliphatic rings. The number of amides is 1. The molecular weight excluding hydrogens is 504 g/mol. The van der Waals surface area contributed by atoms with E-state index in [0.717, 1.165) is 43.0 Å². The number of pyridine rings is 1. The number of nitriles is 1. The average Bonchev–Trinajstić information content (AvgIpc) is 3.39. The number of nitrogens with zero attached hydrogens (tertiary/aromatic N) is 8. The molecule has 1 aliphatic carbocycles. The van der Waals surface area contributed by atoms with E-state index in [1.54, 1.807) is 29.6 Å².